The maximum Gasteiger partial charge on any atom is 0.316 e. The molecule has 4 N–H and O–H groups in total. The molecule has 1 aliphatic rings. The normalized spacial score (nSPS) is 13.5. The number of aromatic nitrogens is 2. The third-order valence-corrected chi connectivity index (χ3v) is 8.35. The molecule has 2 amide bonds. The smallest absolute Gasteiger partial charge is 0.316 e. The van der Waals surface area contributed by atoms with Crippen LogP contribution in [-0.4, -0.2) is 55.8 Å². The standard InChI is InChI=1S/C35H39N5O8/c1-20(41)38-24-13-11-21-18-29(46-2)32(47-3)33(48-4)31(21)22-12-14-26(28(42)19-23(22)24)36-15-7-10-30(43)37-16-17-40-27-9-6-5-8-25(27)39-34(44)35(40)45/h5-6,8-9,12,14,18-19,24H,7,10-11,13,15-17H2,1-4H3,(H,36,42)(H,37,43)(H,38,41)(H,39,44)/t24-/m1/s1. The molecule has 13 heteroatoms. The zero-order valence-corrected chi connectivity index (χ0v) is 27.4. The van der Waals surface area contributed by atoms with Gasteiger partial charge in [0.25, 0.3) is 0 Å². The van der Waals surface area contributed by atoms with Crippen LogP contribution in [-0.2, 0) is 22.6 Å². The number of rotatable bonds is 12. The summed E-state index contributed by atoms with van der Waals surface area (Å²) < 4.78 is 18.4. The molecular formula is C35H39N5O8. The minimum Gasteiger partial charge on any atom is -0.493 e. The lowest BCUT2D eigenvalue weighted by atomic mass is 9.95. The Hall–Kier alpha value is -5.59. The van der Waals surface area contributed by atoms with Crippen molar-refractivity contribution in [3.8, 4) is 28.4 Å². The Balaban J connectivity index is 1.30. The van der Waals surface area contributed by atoms with E-state index in [1.54, 1.807) is 44.6 Å². The van der Waals surface area contributed by atoms with E-state index in [0.29, 0.717) is 65.3 Å². The Morgan fingerprint density at radius 3 is 2.46 bits per heavy atom. The number of hydrogen-bond donors (Lipinski definition) is 4. The predicted octanol–water partition coefficient (Wildman–Crippen LogP) is 2.87. The number of H-pyrrole nitrogens is 1. The van der Waals surface area contributed by atoms with Crippen molar-refractivity contribution < 1.29 is 23.8 Å². The van der Waals surface area contributed by atoms with E-state index >= 15 is 0 Å². The Kier molecular flexibility index (Phi) is 10.5. The van der Waals surface area contributed by atoms with Gasteiger partial charge in [0, 0.05) is 38.5 Å². The topological polar surface area (TPSA) is 170 Å². The van der Waals surface area contributed by atoms with Gasteiger partial charge in [-0.3, -0.25) is 24.0 Å². The number of amides is 2. The first kappa shape index (κ1) is 33.8. The summed E-state index contributed by atoms with van der Waals surface area (Å²) in [5, 5.41) is 8.94. The number of nitrogens with zero attached hydrogens (tertiary/aromatic N) is 1. The van der Waals surface area contributed by atoms with E-state index in [2.05, 4.69) is 20.9 Å². The van der Waals surface area contributed by atoms with Crippen molar-refractivity contribution in [1.29, 1.82) is 0 Å². The minimum absolute atomic E-state index is 0.143. The number of benzene rings is 2. The molecule has 0 bridgehead atoms. The highest BCUT2D eigenvalue weighted by Gasteiger charge is 2.29. The summed E-state index contributed by atoms with van der Waals surface area (Å²) in [5.74, 6) is 0.964. The van der Waals surface area contributed by atoms with Gasteiger partial charge in [0.2, 0.25) is 23.0 Å². The summed E-state index contributed by atoms with van der Waals surface area (Å²) in [7, 11) is 4.63. The van der Waals surface area contributed by atoms with E-state index in [1.165, 1.54) is 24.7 Å². The molecule has 1 atom stereocenters. The molecule has 0 spiro atoms. The van der Waals surface area contributed by atoms with Gasteiger partial charge < -0.3 is 39.7 Å². The fraction of sp³-hybridized carbons (Fsp3) is 0.343. The van der Waals surface area contributed by atoms with Crippen LogP contribution in [0.4, 0.5) is 5.69 Å². The molecule has 3 aromatic carbocycles. The molecule has 0 fully saturated rings. The number of methoxy groups -OCH3 is 3. The lowest BCUT2D eigenvalue weighted by Gasteiger charge is -2.19. The number of fused-ring (bicyclic) bond motifs is 4. The molecule has 48 heavy (non-hydrogen) atoms. The van der Waals surface area contributed by atoms with Crippen molar-refractivity contribution in [2.24, 2.45) is 0 Å². The molecule has 0 radical (unpaired) electrons. The number of ether oxygens (including phenoxy) is 3. The minimum atomic E-state index is -0.719. The largest absolute Gasteiger partial charge is 0.493 e. The fourth-order valence-electron chi connectivity index (χ4n) is 6.17. The second-order valence-electron chi connectivity index (χ2n) is 11.4. The van der Waals surface area contributed by atoms with Crippen LogP contribution in [0, 0.1) is 0 Å². The zero-order chi connectivity index (χ0) is 34.4. The Morgan fingerprint density at radius 1 is 0.958 bits per heavy atom. The van der Waals surface area contributed by atoms with E-state index in [4.69, 9.17) is 14.2 Å². The van der Waals surface area contributed by atoms with Crippen molar-refractivity contribution >= 4 is 28.5 Å². The average molecular weight is 658 g/mol. The number of nitrogens with one attached hydrogen (secondary N) is 4. The van der Waals surface area contributed by atoms with Crippen LogP contribution in [0.15, 0.2) is 62.9 Å². The van der Waals surface area contributed by atoms with Crippen molar-refractivity contribution in [3.05, 3.63) is 90.6 Å². The SMILES string of the molecule is COc1cc2c(c(OC)c1OC)-c1ccc(NCCCC(=O)NCCn3c(=O)c(=O)[nH]c4ccccc43)c(=O)cc1[C@H](NC(C)=O)CC2. The maximum atomic E-state index is 13.5. The molecule has 0 unspecified atom stereocenters. The van der Waals surface area contributed by atoms with E-state index in [-0.39, 0.29) is 36.8 Å². The average Bonchev–Trinajstić information content (AvgIpc) is 3.31. The van der Waals surface area contributed by atoms with E-state index in [1.807, 2.05) is 12.1 Å². The summed E-state index contributed by atoms with van der Waals surface area (Å²) >= 11 is 0. The second-order valence-corrected chi connectivity index (χ2v) is 11.4. The van der Waals surface area contributed by atoms with Gasteiger partial charge in [-0.1, -0.05) is 18.2 Å². The molecule has 1 heterocycles. The molecule has 0 saturated heterocycles. The summed E-state index contributed by atoms with van der Waals surface area (Å²) in [5.41, 5.74) is 2.84. The van der Waals surface area contributed by atoms with Crippen molar-refractivity contribution in [3.63, 3.8) is 0 Å². The lowest BCUT2D eigenvalue weighted by Crippen LogP contribution is -2.39. The van der Waals surface area contributed by atoms with Gasteiger partial charge in [-0.2, -0.15) is 0 Å². The van der Waals surface area contributed by atoms with Gasteiger partial charge >= 0.3 is 11.1 Å². The first-order valence-corrected chi connectivity index (χ1v) is 15.7. The number of hydrogen-bond acceptors (Lipinski definition) is 9. The highest BCUT2D eigenvalue weighted by Crippen LogP contribution is 2.50. The number of carbonyl (C=O) groups excluding carboxylic acids is 2. The summed E-state index contributed by atoms with van der Waals surface area (Å²) in [6, 6.07) is 13.5. The maximum absolute atomic E-state index is 13.5. The molecule has 252 valence electrons. The number of aromatic amines is 1. The van der Waals surface area contributed by atoms with Crippen LogP contribution in [0.5, 0.6) is 17.2 Å². The lowest BCUT2D eigenvalue weighted by molar-refractivity contribution is -0.121. The Labute approximate surface area is 276 Å². The first-order valence-electron chi connectivity index (χ1n) is 15.7. The van der Waals surface area contributed by atoms with Crippen LogP contribution in [0.25, 0.3) is 22.2 Å². The van der Waals surface area contributed by atoms with Gasteiger partial charge in [-0.25, -0.2) is 0 Å². The molecule has 1 aliphatic carbocycles. The number of carbonyl (C=O) groups is 2. The summed E-state index contributed by atoms with van der Waals surface area (Å²) in [6.45, 7) is 2.10. The van der Waals surface area contributed by atoms with Crippen molar-refractivity contribution in [1.82, 2.24) is 20.2 Å². The van der Waals surface area contributed by atoms with Crippen LogP contribution >= 0.6 is 0 Å². The number of para-hydroxylation sites is 2. The van der Waals surface area contributed by atoms with Gasteiger partial charge in [-0.15, -0.1) is 0 Å². The monoisotopic (exact) mass is 657 g/mol. The molecule has 4 aromatic rings. The van der Waals surface area contributed by atoms with Gasteiger partial charge in [0.15, 0.2) is 11.5 Å². The van der Waals surface area contributed by atoms with Gasteiger partial charge in [0.1, 0.15) is 0 Å². The number of anilines is 1. The number of aryl methyl sites for hydroxylation is 1. The first-order chi connectivity index (χ1) is 23.2. The van der Waals surface area contributed by atoms with Crippen molar-refractivity contribution in [2.75, 3.05) is 39.7 Å². The van der Waals surface area contributed by atoms with Gasteiger partial charge in [0.05, 0.1) is 44.1 Å². The summed E-state index contributed by atoms with van der Waals surface area (Å²) in [4.78, 5) is 65.2. The predicted molar refractivity (Wildman–Crippen MR) is 182 cm³/mol. The van der Waals surface area contributed by atoms with E-state index < -0.39 is 17.2 Å². The third kappa shape index (κ3) is 7.04. The zero-order valence-electron chi connectivity index (χ0n) is 27.4. The van der Waals surface area contributed by atoms with Crippen LogP contribution in [0.3, 0.4) is 0 Å². The molecular weight excluding hydrogens is 618 g/mol. The quantitative estimate of drug-likeness (QED) is 0.132. The van der Waals surface area contributed by atoms with Crippen LogP contribution in [0.2, 0.25) is 0 Å². The van der Waals surface area contributed by atoms with Crippen molar-refractivity contribution in [2.45, 2.75) is 45.2 Å². The molecule has 1 aromatic heterocycles. The van der Waals surface area contributed by atoms with Crippen LogP contribution < -0.4 is 46.7 Å². The summed E-state index contributed by atoms with van der Waals surface area (Å²) in [6.07, 6.45) is 1.75. The fourth-order valence-corrected chi connectivity index (χ4v) is 6.17. The second kappa shape index (κ2) is 14.9. The highest BCUT2D eigenvalue weighted by atomic mass is 16.5. The van der Waals surface area contributed by atoms with E-state index in [0.717, 1.165) is 16.7 Å². The molecule has 13 nitrogen and oxygen atoms in total. The molecule has 5 rings (SSSR count). The molecule has 0 saturated carbocycles. The Morgan fingerprint density at radius 2 is 1.73 bits per heavy atom. The van der Waals surface area contributed by atoms with Crippen LogP contribution in [0.1, 0.15) is 43.4 Å². The molecule has 0 aliphatic heterocycles. The van der Waals surface area contributed by atoms with Gasteiger partial charge in [-0.05, 0) is 66.3 Å². The third-order valence-electron chi connectivity index (χ3n) is 8.35. The van der Waals surface area contributed by atoms with E-state index in [9.17, 15) is 24.0 Å². The Bertz CT molecular complexity index is 2040. The highest BCUT2D eigenvalue weighted by molar-refractivity contribution is 5.84.